The maximum absolute atomic E-state index is 12.5. The molecule has 1 N–H and O–H groups in total. The SMILES string of the molecule is FC(F)C1CNc2ccc(Br)cc21. The monoisotopic (exact) mass is 247 g/mol. The second kappa shape index (κ2) is 3.25. The second-order valence-electron chi connectivity index (χ2n) is 3.05. The second-order valence-corrected chi connectivity index (χ2v) is 3.97. The average Bonchev–Trinajstić information content (AvgIpc) is 2.46. The maximum atomic E-state index is 12.5. The van der Waals surface area contributed by atoms with Crippen molar-refractivity contribution in [2.24, 2.45) is 0 Å². The van der Waals surface area contributed by atoms with E-state index in [0.29, 0.717) is 12.1 Å². The van der Waals surface area contributed by atoms with Crippen molar-refractivity contribution in [1.29, 1.82) is 0 Å². The Kier molecular flexibility index (Phi) is 2.24. The van der Waals surface area contributed by atoms with Gasteiger partial charge < -0.3 is 5.32 Å². The molecule has 2 rings (SSSR count). The van der Waals surface area contributed by atoms with Crippen LogP contribution in [0.2, 0.25) is 0 Å². The van der Waals surface area contributed by atoms with Crippen LogP contribution >= 0.6 is 15.9 Å². The van der Waals surface area contributed by atoms with Crippen LogP contribution in [0, 0.1) is 0 Å². The summed E-state index contributed by atoms with van der Waals surface area (Å²) in [4.78, 5) is 0. The number of rotatable bonds is 1. The van der Waals surface area contributed by atoms with Crippen molar-refractivity contribution in [2.75, 3.05) is 11.9 Å². The third-order valence-electron chi connectivity index (χ3n) is 2.23. The Balaban J connectivity index is 2.40. The van der Waals surface area contributed by atoms with E-state index in [0.717, 1.165) is 10.2 Å². The van der Waals surface area contributed by atoms with Crippen molar-refractivity contribution in [1.82, 2.24) is 0 Å². The van der Waals surface area contributed by atoms with Gasteiger partial charge in [0.05, 0.1) is 5.92 Å². The Morgan fingerprint density at radius 2 is 2.23 bits per heavy atom. The molecule has 0 radical (unpaired) electrons. The molecule has 0 aromatic heterocycles. The number of halogens is 3. The summed E-state index contributed by atoms with van der Waals surface area (Å²) in [6.45, 7) is 0.337. The van der Waals surface area contributed by atoms with Crippen molar-refractivity contribution in [3.05, 3.63) is 28.2 Å². The fraction of sp³-hybridized carbons (Fsp3) is 0.333. The smallest absolute Gasteiger partial charge is 0.247 e. The molecule has 4 heteroatoms. The van der Waals surface area contributed by atoms with E-state index in [9.17, 15) is 8.78 Å². The summed E-state index contributed by atoms with van der Waals surface area (Å²) < 4.78 is 25.8. The summed E-state index contributed by atoms with van der Waals surface area (Å²) >= 11 is 3.27. The zero-order chi connectivity index (χ0) is 9.42. The quantitative estimate of drug-likeness (QED) is 0.804. The van der Waals surface area contributed by atoms with Crippen LogP contribution in [0.3, 0.4) is 0 Å². The summed E-state index contributed by atoms with van der Waals surface area (Å²) in [7, 11) is 0. The van der Waals surface area contributed by atoms with Crippen LogP contribution in [-0.4, -0.2) is 13.0 Å². The molecule has 1 aromatic rings. The molecule has 0 amide bonds. The number of fused-ring (bicyclic) bond motifs is 1. The van der Waals surface area contributed by atoms with Gasteiger partial charge in [-0.15, -0.1) is 0 Å². The Labute approximate surface area is 83.3 Å². The third kappa shape index (κ3) is 1.55. The molecule has 1 unspecified atom stereocenters. The predicted octanol–water partition coefficient (Wildman–Crippen LogP) is 3.22. The van der Waals surface area contributed by atoms with E-state index in [-0.39, 0.29) is 0 Å². The molecule has 0 saturated heterocycles. The Hall–Kier alpha value is -0.640. The number of anilines is 1. The number of hydrogen-bond donors (Lipinski definition) is 1. The molecule has 1 aliphatic heterocycles. The van der Waals surface area contributed by atoms with Gasteiger partial charge in [-0.05, 0) is 23.8 Å². The highest BCUT2D eigenvalue weighted by atomic mass is 79.9. The van der Waals surface area contributed by atoms with Crippen molar-refractivity contribution in [3.8, 4) is 0 Å². The molecule has 0 saturated carbocycles. The lowest BCUT2D eigenvalue weighted by atomic mass is 10.0. The minimum Gasteiger partial charge on any atom is -0.384 e. The fourth-order valence-electron chi connectivity index (χ4n) is 1.56. The minimum atomic E-state index is -2.29. The molecule has 13 heavy (non-hydrogen) atoms. The summed E-state index contributed by atoms with van der Waals surface area (Å²) in [5.41, 5.74) is 1.54. The molecule has 1 aliphatic rings. The lowest BCUT2D eigenvalue weighted by Crippen LogP contribution is -2.10. The van der Waals surface area contributed by atoms with E-state index in [4.69, 9.17) is 0 Å². The van der Waals surface area contributed by atoms with Gasteiger partial charge in [0.25, 0.3) is 0 Å². The number of hydrogen-bond acceptors (Lipinski definition) is 1. The lowest BCUT2D eigenvalue weighted by Gasteiger charge is -2.07. The first kappa shape index (κ1) is 8.94. The summed E-state index contributed by atoms with van der Waals surface area (Å²) in [6.07, 6.45) is -2.29. The van der Waals surface area contributed by atoms with Gasteiger partial charge in [-0.25, -0.2) is 8.78 Å². The van der Waals surface area contributed by atoms with Gasteiger partial charge in [0, 0.05) is 16.7 Å². The molecule has 0 fully saturated rings. The van der Waals surface area contributed by atoms with Crippen LogP contribution in [0.15, 0.2) is 22.7 Å². The Morgan fingerprint density at radius 1 is 1.46 bits per heavy atom. The largest absolute Gasteiger partial charge is 0.384 e. The van der Waals surface area contributed by atoms with E-state index < -0.39 is 12.3 Å². The normalized spacial score (nSPS) is 20.2. The van der Waals surface area contributed by atoms with Gasteiger partial charge in [0.2, 0.25) is 6.43 Å². The van der Waals surface area contributed by atoms with E-state index in [1.165, 1.54) is 0 Å². The molecule has 0 spiro atoms. The van der Waals surface area contributed by atoms with E-state index in [2.05, 4.69) is 21.2 Å². The van der Waals surface area contributed by atoms with Crippen molar-refractivity contribution < 1.29 is 8.78 Å². The van der Waals surface area contributed by atoms with E-state index in [1.807, 2.05) is 12.1 Å². The molecule has 1 heterocycles. The van der Waals surface area contributed by atoms with Gasteiger partial charge in [-0.1, -0.05) is 15.9 Å². The molecule has 1 atom stereocenters. The minimum absolute atomic E-state index is 0.337. The maximum Gasteiger partial charge on any atom is 0.247 e. The van der Waals surface area contributed by atoms with Crippen LogP contribution in [-0.2, 0) is 0 Å². The van der Waals surface area contributed by atoms with Crippen LogP contribution in [0.4, 0.5) is 14.5 Å². The molecule has 1 nitrogen and oxygen atoms in total. The zero-order valence-electron chi connectivity index (χ0n) is 6.73. The van der Waals surface area contributed by atoms with Gasteiger partial charge in [0.15, 0.2) is 0 Å². The lowest BCUT2D eigenvalue weighted by molar-refractivity contribution is 0.121. The number of nitrogens with one attached hydrogen (secondary N) is 1. The van der Waals surface area contributed by atoms with Crippen LogP contribution in [0.1, 0.15) is 11.5 Å². The van der Waals surface area contributed by atoms with E-state index >= 15 is 0 Å². The Morgan fingerprint density at radius 3 is 2.92 bits per heavy atom. The standard InChI is InChI=1S/C9H8BrF2N/c10-5-1-2-8-6(3-5)7(4-13-8)9(11)12/h1-3,7,9,13H,4H2. The fourth-order valence-corrected chi connectivity index (χ4v) is 1.93. The highest BCUT2D eigenvalue weighted by Gasteiger charge is 2.29. The first-order valence-electron chi connectivity index (χ1n) is 4.00. The first-order chi connectivity index (χ1) is 6.18. The molecule has 0 aliphatic carbocycles. The molecular formula is C9H8BrF2N. The van der Waals surface area contributed by atoms with Gasteiger partial charge in [-0.2, -0.15) is 0 Å². The highest BCUT2D eigenvalue weighted by Crippen LogP contribution is 2.36. The number of benzene rings is 1. The molecular weight excluding hydrogens is 240 g/mol. The highest BCUT2D eigenvalue weighted by molar-refractivity contribution is 9.10. The third-order valence-corrected chi connectivity index (χ3v) is 2.72. The average molecular weight is 248 g/mol. The zero-order valence-corrected chi connectivity index (χ0v) is 8.31. The van der Waals surface area contributed by atoms with Crippen molar-refractivity contribution >= 4 is 21.6 Å². The summed E-state index contributed by atoms with van der Waals surface area (Å²) in [6, 6.07) is 5.42. The summed E-state index contributed by atoms with van der Waals surface area (Å²) in [5, 5.41) is 2.96. The van der Waals surface area contributed by atoms with E-state index in [1.54, 1.807) is 6.07 Å². The first-order valence-corrected chi connectivity index (χ1v) is 4.79. The summed E-state index contributed by atoms with van der Waals surface area (Å²) in [5.74, 6) is -0.660. The van der Waals surface area contributed by atoms with Crippen LogP contribution in [0.25, 0.3) is 0 Å². The molecule has 70 valence electrons. The van der Waals surface area contributed by atoms with Gasteiger partial charge in [-0.3, -0.25) is 0 Å². The van der Waals surface area contributed by atoms with Crippen molar-refractivity contribution in [3.63, 3.8) is 0 Å². The topological polar surface area (TPSA) is 12.0 Å². The predicted molar refractivity (Wildman–Crippen MR) is 51.4 cm³/mol. The molecule has 1 aromatic carbocycles. The van der Waals surface area contributed by atoms with Crippen molar-refractivity contribution in [2.45, 2.75) is 12.3 Å². The number of alkyl halides is 2. The Bertz CT molecular complexity index is 327. The molecule has 0 bridgehead atoms. The van der Waals surface area contributed by atoms with Crippen LogP contribution in [0.5, 0.6) is 0 Å². The van der Waals surface area contributed by atoms with Gasteiger partial charge >= 0.3 is 0 Å². The van der Waals surface area contributed by atoms with Gasteiger partial charge in [0.1, 0.15) is 0 Å². The van der Waals surface area contributed by atoms with Crippen LogP contribution < -0.4 is 5.32 Å².